The van der Waals surface area contributed by atoms with Crippen LogP contribution in [0.1, 0.15) is 32.1 Å². The van der Waals surface area contributed by atoms with Crippen molar-refractivity contribution in [3.8, 4) is 0 Å². The summed E-state index contributed by atoms with van der Waals surface area (Å²) in [6.45, 7) is 0.275. The zero-order valence-electron chi connectivity index (χ0n) is 9.29. The van der Waals surface area contributed by atoms with E-state index >= 15 is 0 Å². The fourth-order valence-corrected chi connectivity index (χ4v) is 2.15. The fourth-order valence-electron chi connectivity index (χ4n) is 2.15. The first-order valence-electron chi connectivity index (χ1n) is 5.67. The molecule has 0 aromatic rings. The number of hydrogen-bond acceptors (Lipinski definition) is 3. The topological polar surface area (TPSA) is 58.2 Å². The lowest BCUT2D eigenvalue weighted by Crippen LogP contribution is -2.45. The molecule has 0 spiro atoms. The number of aldehydes is 1. The Hall–Kier alpha value is -0.900. The Balaban J connectivity index is 2.39. The summed E-state index contributed by atoms with van der Waals surface area (Å²) in [5.41, 5.74) is 0. The van der Waals surface area contributed by atoms with E-state index in [1.807, 2.05) is 0 Å². The lowest BCUT2D eigenvalue weighted by Gasteiger charge is -2.27. The van der Waals surface area contributed by atoms with Gasteiger partial charge >= 0.3 is 0 Å². The molecule has 0 aliphatic heterocycles. The predicted molar refractivity (Wildman–Crippen MR) is 58.5 cm³/mol. The monoisotopic (exact) mass is 212 g/mol. The summed E-state index contributed by atoms with van der Waals surface area (Å²) in [6.07, 6.45) is 6.61. The zero-order valence-corrected chi connectivity index (χ0v) is 9.29. The molecular formula is C11H20N2O2. The van der Waals surface area contributed by atoms with Crippen LogP contribution in [-0.2, 0) is 9.59 Å². The Kier molecular flexibility index (Phi) is 5.32. The molecule has 0 bridgehead atoms. The van der Waals surface area contributed by atoms with E-state index in [-0.39, 0.29) is 18.5 Å². The van der Waals surface area contributed by atoms with Gasteiger partial charge in [0.15, 0.2) is 0 Å². The van der Waals surface area contributed by atoms with E-state index in [0.717, 1.165) is 19.1 Å². The van der Waals surface area contributed by atoms with E-state index in [4.69, 9.17) is 0 Å². The second-order valence-corrected chi connectivity index (χ2v) is 4.16. The zero-order chi connectivity index (χ0) is 11.1. The maximum atomic E-state index is 11.3. The molecule has 86 valence electrons. The predicted octanol–water partition coefficient (Wildman–Crippen LogP) is 0.470. The number of carbonyl (C=O) groups excluding carboxylic acids is 2. The van der Waals surface area contributed by atoms with Crippen molar-refractivity contribution >= 4 is 12.2 Å². The molecule has 1 rings (SSSR count). The van der Waals surface area contributed by atoms with Crippen LogP contribution in [0.4, 0.5) is 0 Å². The molecule has 0 aromatic heterocycles. The highest BCUT2D eigenvalue weighted by atomic mass is 16.2. The normalized spacial score (nSPS) is 19.5. The summed E-state index contributed by atoms with van der Waals surface area (Å²) in [4.78, 5) is 22.2. The van der Waals surface area contributed by atoms with Crippen molar-refractivity contribution < 1.29 is 9.59 Å². The summed E-state index contributed by atoms with van der Waals surface area (Å²) in [6, 6.07) is -0.286. The van der Waals surface area contributed by atoms with Gasteiger partial charge in [0, 0.05) is 0 Å². The number of hydrogen-bond donors (Lipinski definition) is 2. The van der Waals surface area contributed by atoms with Crippen molar-refractivity contribution in [3.63, 3.8) is 0 Å². The Morgan fingerprint density at radius 1 is 1.40 bits per heavy atom. The van der Waals surface area contributed by atoms with E-state index < -0.39 is 0 Å². The number of rotatable bonds is 5. The van der Waals surface area contributed by atoms with Crippen molar-refractivity contribution in [2.75, 3.05) is 13.6 Å². The molecule has 15 heavy (non-hydrogen) atoms. The van der Waals surface area contributed by atoms with Gasteiger partial charge in [-0.05, 0) is 25.8 Å². The summed E-state index contributed by atoms with van der Waals surface area (Å²) in [5.74, 6) is 0.247. The van der Waals surface area contributed by atoms with Gasteiger partial charge < -0.3 is 15.4 Å². The number of amides is 1. The van der Waals surface area contributed by atoms with Crippen LogP contribution in [0.25, 0.3) is 0 Å². The van der Waals surface area contributed by atoms with Crippen LogP contribution in [-0.4, -0.2) is 31.8 Å². The second-order valence-electron chi connectivity index (χ2n) is 4.16. The Morgan fingerprint density at radius 2 is 2.07 bits per heavy atom. The molecule has 1 aliphatic carbocycles. The molecule has 4 nitrogen and oxygen atoms in total. The molecular weight excluding hydrogens is 192 g/mol. The van der Waals surface area contributed by atoms with Gasteiger partial charge in [-0.15, -0.1) is 0 Å². The van der Waals surface area contributed by atoms with Crippen molar-refractivity contribution in [2.45, 2.75) is 38.1 Å². The Bertz CT molecular complexity index is 213. The van der Waals surface area contributed by atoms with Crippen molar-refractivity contribution in [1.29, 1.82) is 0 Å². The summed E-state index contributed by atoms with van der Waals surface area (Å²) >= 11 is 0. The van der Waals surface area contributed by atoms with Crippen molar-refractivity contribution in [3.05, 3.63) is 0 Å². The highest BCUT2D eigenvalue weighted by Gasteiger charge is 2.24. The van der Waals surface area contributed by atoms with Crippen LogP contribution in [0, 0.1) is 5.92 Å². The number of carbonyl (C=O) groups is 2. The van der Waals surface area contributed by atoms with Crippen LogP contribution in [0.15, 0.2) is 0 Å². The number of likely N-dealkylation sites (N-methyl/N-ethyl adjacent to an activating group) is 1. The average Bonchev–Trinajstić information content (AvgIpc) is 2.27. The van der Waals surface area contributed by atoms with Gasteiger partial charge in [-0.3, -0.25) is 4.79 Å². The highest BCUT2D eigenvalue weighted by Crippen LogP contribution is 2.25. The maximum Gasteiger partial charge on any atom is 0.234 e. The highest BCUT2D eigenvalue weighted by molar-refractivity contribution is 5.81. The fraction of sp³-hybridized carbons (Fsp3) is 0.818. The first-order valence-corrected chi connectivity index (χ1v) is 5.67. The molecule has 2 N–H and O–H groups in total. The van der Waals surface area contributed by atoms with E-state index in [0.29, 0.717) is 5.92 Å². The van der Waals surface area contributed by atoms with Crippen molar-refractivity contribution in [1.82, 2.24) is 10.6 Å². The minimum Gasteiger partial charge on any atom is -0.345 e. The summed E-state index contributed by atoms with van der Waals surface area (Å²) < 4.78 is 0. The van der Waals surface area contributed by atoms with Crippen LogP contribution in [0.5, 0.6) is 0 Å². The molecule has 4 heteroatoms. The van der Waals surface area contributed by atoms with Crippen LogP contribution < -0.4 is 10.6 Å². The molecule has 1 fully saturated rings. The van der Waals surface area contributed by atoms with Gasteiger partial charge in [0.25, 0.3) is 0 Å². The third-order valence-electron chi connectivity index (χ3n) is 2.97. The Labute approximate surface area is 90.8 Å². The number of nitrogens with one attached hydrogen (secondary N) is 2. The summed E-state index contributed by atoms with van der Waals surface area (Å²) in [7, 11) is 1.72. The van der Waals surface area contributed by atoms with Crippen LogP contribution >= 0.6 is 0 Å². The van der Waals surface area contributed by atoms with Crippen molar-refractivity contribution in [2.24, 2.45) is 5.92 Å². The Morgan fingerprint density at radius 3 is 2.60 bits per heavy atom. The molecule has 0 aromatic carbocycles. The summed E-state index contributed by atoms with van der Waals surface area (Å²) in [5, 5.41) is 5.54. The van der Waals surface area contributed by atoms with E-state index in [9.17, 15) is 9.59 Å². The van der Waals surface area contributed by atoms with E-state index in [1.165, 1.54) is 19.3 Å². The van der Waals surface area contributed by atoms with Gasteiger partial charge in [-0.2, -0.15) is 0 Å². The minimum atomic E-state index is -0.286. The second kappa shape index (κ2) is 6.56. The lowest BCUT2D eigenvalue weighted by atomic mass is 9.84. The minimum absolute atomic E-state index is 0.0971. The molecule has 0 radical (unpaired) electrons. The van der Waals surface area contributed by atoms with Crippen LogP contribution in [0.2, 0.25) is 0 Å². The molecule has 1 aliphatic rings. The molecule has 0 heterocycles. The first kappa shape index (κ1) is 12.2. The maximum absolute atomic E-state index is 11.3. The van der Waals surface area contributed by atoms with Gasteiger partial charge in [0.1, 0.15) is 6.29 Å². The SMILES string of the molecule is CNCC(=O)NC(C=O)C1CCCCC1. The van der Waals surface area contributed by atoms with Gasteiger partial charge in [-0.25, -0.2) is 0 Å². The molecule has 0 saturated heterocycles. The first-order chi connectivity index (χ1) is 7.27. The molecule has 1 saturated carbocycles. The third kappa shape index (κ3) is 4.00. The van der Waals surface area contributed by atoms with Gasteiger partial charge in [0.2, 0.25) is 5.91 Å². The molecule has 1 atom stereocenters. The quantitative estimate of drug-likeness (QED) is 0.651. The van der Waals surface area contributed by atoms with Gasteiger partial charge in [-0.1, -0.05) is 19.3 Å². The molecule has 1 amide bonds. The average molecular weight is 212 g/mol. The van der Waals surface area contributed by atoms with E-state index in [2.05, 4.69) is 10.6 Å². The largest absolute Gasteiger partial charge is 0.345 e. The van der Waals surface area contributed by atoms with Crippen LogP contribution in [0.3, 0.4) is 0 Å². The standard InChI is InChI=1S/C11H20N2O2/c1-12-7-11(15)13-10(8-14)9-5-3-2-4-6-9/h8-10,12H,2-7H2,1H3,(H,13,15). The van der Waals surface area contributed by atoms with Gasteiger partial charge in [0.05, 0.1) is 12.6 Å². The third-order valence-corrected chi connectivity index (χ3v) is 2.97. The lowest BCUT2D eigenvalue weighted by molar-refractivity contribution is -0.124. The molecule has 1 unspecified atom stereocenters. The van der Waals surface area contributed by atoms with E-state index in [1.54, 1.807) is 7.05 Å². The smallest absolute Gasteiger partial charge is 0.234 e.